The number of fused-ring (bicyclic) bond motifs is 6. The zero-order valence-electron chi connectivity index (χ0n) is 21.0. The van der Waals surface area contributed by atoms with E-state index in [4.69, 9.17) is 9.47 Å². The molecule has 1 aromatic heterocycles. The molecule has 2 unspecified atom stereocenters. The van der Waals surface area contributed by atoms with Gasteiger partial charge in [0, 0.05) is 29.0 Å². The summed E-state index contributed by atoms with van der Waals surface area (Å²) in [6.45, 7) is 1.12. The van der Waals surface area contributed by atoms with Crippen LogP contribution in [0.15, 0.2) is 85.1 Å². The first-order chi connectivity index (χ1) is 18.7. The lowest BCUT2D eigenvalue weighted by molar-refractivity contribution is -0.0747. The minimum atomic E-state index is -0.317. The second-order valence-corrected chi connectivity index (χ2v) is 10.5. The Labute approximate surface area is 221 Å². The summed E-state index contributed by atoms with van der Waals surface area (Å²) < 4.78 is 11.8. The number of benzene rings is 3. The SMILES string of the molecule is O=C(c1cccc2cccnc12)C1CC2COCC(C1)N2C(=O)OCC1c2ccccc2-c2ccccc21. The Hall–Kier alpha value is -4.03. The Morgan fingerprint density at radius 2 is 1.50 bits per heavy atom. The number of aromatic nitrogens is 1. The van der Waals surface area contributed by atoms with Crippen LogP contribution in [0.1, 0.15) is 40.2 Å². The van der Waals surface area contributed by atoms with Gasteiger partial charge in [-0.1, -0.05) is 66.7 Å². The summed E-state index contributed by atoms with van der Waals surface area (Å²) in [5, 5.41) is 0.956. The van der Waals surface area contributed by atoms with Gasteiger partial charge in [-0.05, 0) is 47.2 Å². The number of nitrogens with zero attached hydrogens (tertiary/aromatic N) is 2. The topological polar surface area (TPSA) is 68.7 Å². The molecule has 0 spiro atoms. The fraction of sp³-hybridized carbons (Fsp3) is 0.281. The fourth-order valence-corrected chi connectivity index (χ4v) is 6.62. The Balaban J connectivity index is 1.08. The minimum absolute atomic E-state index is 0.0143. The van der Waals surface area contributed by atoms with Crippen molar-refractivity contribution < 1.29 is 19.1 Å². The van der Waals surface area contributed by atoms with E-state index in [2.05, 4.69) is 29.2 Å². The average Bonchev–Trinajstić information content (AvgIpc) is 3.28. The number of hydrogen-bond acceptors (Lipinski definition) is 5. The molecule has 2 fully saturated rings. The monoisotopic (exact) mass is 504 g/mol. The van der Waals surface area contributed by atoms with Crippen LogP contribution in [0.2, 0.25) is 0 Å². The molecule has 190 valence electrons. The van der Waals surface area contributed by atoms with E-state index in [1.165, 1.54) is 22.3 Å². The molecule has 2 saturated heterocycles. The maximum Gasteiger partial charge on any atom is 0.410 e. The highest BCUT2D eigenvalue weighted by molar-refractivity contribution is 6.07. The number of carbonyl (C=O) groups is 2. The Morgan fingerprint density at radius 3 is 2.21 bits per heavy atom. The molecule has 7 rings (SSSR count). The maximum atomic E-state index is 13.6. The molecule has 1 amide bonds. The summed E-state index contributed by atoms with van der Waals surface area (Å²) in [6.07, 6.45) is 2.52. The summed E-state index contributed by atoms with van der Waals surface area (Å²) in [5.41, 5.74) is 6.19. The van der Waals surface area contributed by atoms with Gasteiger partial charge in [-0.25, -0.2) is 4.79 Å². The van der Waals surface area contributed by atoms with Gasteiger partial charge in [0.05, 0.1) is 30.8 Å². The zero-order valence-corrected chi connectivity index (χ0v) is 21.0. The molecule has 2 bridgehead atoms. The molecule has 0 saturated carbocycles. The Kier molecular flexibility index (Phi) is 5.70. The van der Waals surface area contributed by atoms with Gasteiger partial charge in [-0.2, -0.15) is 0 Å². The van der Waals surface area contributed by atoms with E-state index in [9.17, 15) is 9.59 Å². The highest BCUT2D eigenvalue weighted by Crippen LogP contribution is 2.45. The smallest absolute Gasteiger partial charge is 0.410 e. The molecule has 38 heavy (non-hydrogen) atoms. The third-order valence-corrected chi connectivity index (χ3v) is 8.34. The van der Waals surface area contributed by atoms with Crippen molar-refractivity contribution in [2.45, 2.75) is 30.8 Å². The number of rotatable bonds is 4. The van der Waals surface area contributed by atoms with Gasteiger partial charge in [0.2, 0.25) is 0 Å². The van der Waals surface area contributed by atoms with Crippen molar-refractivity contribution in [1.82, 2.24) is 9.88 Å². The predicted molar refractivity (Wildman–Crippen MR) is 144 cm³/mol. The van der Waals surface area contributed by atoms with Crippen molar-refractivity contribution >= 4 is 22.8 Å². The average molecular weight is 505 g/mol. The number of hydrogen-bond donors (Lipinski definition) is 0. The quantitative estimate of drug-likeness (QED) is 0.326. The van der Waals surface area contributed by atoms with Crippen LogP contribution in [-0.4, -0.2) is 53.7 Å². The third kappa shape index (κ3) is 3.79. The normalized spacial score (nSPS) is 22.1. The maximum absolute atomic E-state index is 13.6. The first kappa shape index (κ1) is 23.1. The van der Waals surface area contributed by atoms with Crippen LogP contribution in [0.5, 0.6) is 0 Å². The first-order valence-corrected chi connectivity index (χ1v) is 13.3. The second kappa shape index (κ2) is 9.37. The summed E-state index contributed by atoms with van der Waals surface area (Å²) in [6, 6.07) is 25.9. The van der Waals surface area contributed by atoms with Crippen LogP contribution < -0.4 is 0 Å². The molecule has 6 nitrogen and oxygen atoms in total. The molecule has 2 aliphatic heterocycles. The summed E-state index contributed by atoms with van der Waals surface area (Å²) in [7, 11) is 0. The van der Waals surface area contributed by atoms with E-state index in [0.29, 0.717) is 31.6 Å². The summed E-state index contributed by atoms with van der Waals surface area (Å²) in [5.74, 6) is -0.0713. The zero-order chi connectivity index (χ0) is 25.6. The lowest BCUT2D eigenvalue weighted by Gasteiger charge is -2.47. The van der Waals surface area contributed by atoms with E-state index in [1.807, 2.05) is 59.5 Å². The summed E-state index contributed by atoms with van der Waals surface area (Å²) >= 11 is 0. The number of para-hydroxylation sites is 1. The lowest BCUT2D eigenvalue weighted by Crippen LogP contribution is -2.60. The number of pyridine rings is 1. The molecule has 0 radical (unpaired) electrons. The number of Topliss-reactive ketones (excluding diaryl/α,β-unsaturated/α-hetero) is 1. The van der Waals surface area contributed by atoms with Gasteiger partial charge >= 0.3 is 6.09 Å². The lowest BCUT2D eigenvalue weighted by atomic mass is 9.80. The van der Waals surface area contributed by atoms with E-state index in [0.717, 1.165) is 10.9 Å². The van der Waals surface area contributed by atoms with Gasteiger partial charge in [0.15, 0.2) is 5.78 Å². The molecular formula is C32H28N2O4. The van der Waals surface area contributed by atoms with Gasteiger partial charge in [0.1, 0.15) is 6.61 Å². The highest BCUT2D eigenvalue weighted by Gasteiger charge is 2.45. The van der Waals surface area contributed by atoms with Crippen molar-refractivity contribution in [3.05, 3.63) is 102 Å². The Bertz CT molecular complexity index is 1480. The molecule has 3 aliphatic rings. The molecular weight excluding hydrogens is 476 g/mol. The number of piperidine rings is 1. The largest absolute Gasteiger partial charge is 0.448 e. The van der Waals surface area contributed by atoms with E-state index >= 15 is 0 Å². The van der Waals surface area contributed by atoms with Crippen LogP contribution in [0.4, 0.5) is 4.79 Å². The number of ketones is 1. The fourth-order valence-electron chi connectivity index (χ4n) is 6.62. The number of carbonyl (C=O) groups excluding carboxylic acids is 2. The van der Waals surface area contributed by atoms with Gasteiger partial charge in [0.25, 0.3) is 0 Å². The first-order valence-electron chi connectivity index (χ1n) is 13.3. The standard InChI is InChI=1S/C32H28N2O4/c35-31(28-13-5-7-20-8-6-14-33-30(20)28)21-15-22-17-37-18-23(16-21)34(22)32(36)38-19-29-26-11-3-1-9-24(26)25-10-2-4-12-27(25)29/h1-14,21-23,29H,15-19H2. The van der Waals surface area contributed by atoms with Gasteiger partial charge in [-0.15, -0.1) is 0 Å². The van der Waals surface area contributed by atoms with Crippen molar-refractivity contribution in [2.24, 2.45) is 5.92 Å². The Morgan fingerprint density at radius 1 is 0.842 bits per heavy atom. The number of ether oxygens (including phenoxy) is 2. The van der Waals surface area contributed by atoms with Crippen molar-refractivity contribution in [3.63, 3.8) is 0 Å². The van der Waals surface area contributed by atoms with E-state index < -0.39 is 0 Å². The van der Waals surface area contributed by atoms with E-state index in [-0.39, 0.29) is 42.4 Å². The van der Waals surface area contributed by atoms with E-state index in [1.54, 1.807) is 6.20 Å². The molecule has 0 N–H and O–H groups in total. The molecule has 6 heteroatoms. The van der Waals surface area contributed by atoms with Crippen LogP contribution in [-0.2, 0) is 9.47 Å². The molecule has 3 aromatic carbocycles. The third-order valence-electron chi connectivity index (χ3n) is 8.34. The van der Waals surface area contributed by atoms with Crippen LogP contribution >= 0.6 is 0 Å². The van der Waals surface area contributed by atoms with Crippen LogP contribution in [0.3, 0.4) is 0 Å². The molecule has 2 atom stereocenters. The summed E-state index contributed by atoms with van der Waals surface area (Å²) in [4.78, 5) is 33.4. The van der Waals surface area contributed by atoms with Crippen molar-refractivity contribution in [1.29, 1.82) is 0 Å². The highest BCUT2D eigenvalue weighted by atomic mass is 16.6. The second-order valence-electron chi connectivity index (χ2n) is 10.5. The molecule has 3 heterocycles. The van der Waals surface area contributed by atoms with Crippen molar-refractivity contribution in [2.75, 3.05) is 19.8 Å². The van der Waals surface area contributed by atoms with Crippen LogP contribution in [0, 0.1) is 5.92 Å². The minimum Gasteiger partial charge on any atom is -0.448 e. The van der Waals surface area contributed by atoms with Gasteiger partial charge in [-0.3, -0.25) is 14.7 Å². The van der Waals surface area contributed by atoms with Crippen LogP contribution in [0.25, 0.3) is 22.0 Å². The molecule has 1 aliphatic carbocycles. The van der Waals surface area contributed by atoms with Gasteiger partial charge < -0.3 is 9.47 Å². The molecule has 4 aromatic rings. The number of amides is 1. The number of morpholine rings is 1. The van der Waals surface area contributed by atoms with Crippen molar-refractivity contribution in [3.8, 4) is 11.1 Å². The predicted octanol–water partition coefficient (Wildman–Crippen LogP) is 5.85.